The van der Waals surface area contributed by atoms with Crippen molar-refractivity contribution >= 4 is 52.7 Å². The molecular weight excluding hydrogens is 507 g/mol. The molecule has 0 unspecified atom stereocenters. The molecule has 0 aliphatic carbocycles. The van der Waals surface area contributed by atoms with E-state index in [1.54, 1.807) is 25.5 Å². The van der Waals surface area contributed by atoms with Crippen LogP contribution in [0.2, 0.25) is 5.02 Å². The van der Waals surface area contributed by atoms with Crippen molar-refractivity contribution < 1.29 is 9.13 Å². The van der Waals surface area contributed by atoms with Crippen LogP contribution in [0.4, 0.5) is 27.5 Å². The molecule has 196 valence electrons. The van der Waals surface area contributed by atoms with Crippen LogP contribution in [0.15, 0.2) is 71.0 Å². The van der Waals surface area contributed by atoms with Gasteiger partial charge in [-0.05, 0) is 60.0 Å². The number of rotatable bonds is 9. The number of aliphatic imine (C=N–C) groups is 1. The van der Waals surface area contributed by atoms with Gasteiger partial charge in [-0.2, -0.15) is 10.1 Å². The van der Waals surface area contributed by atoms with Crippen molar-refractivity contribution in [1.82, 2.24) is 15.0 Å². The summed E-state index contributed by atoms with van der Waals surface area (Å²) in [6.45, 7) is 8.34. The van der Waals surface area contributed by atoms with E-state index >= 15 is 0 Å². The third-order valence-corrected chi connectivity index (χ3v) is 5.89. The minimum absolute atomic E-state index is 0.188. The molecule has 1 aliphatic rings. The average Bonchev–Trinajstić information content (AvgIpc) is 2.93. The van der Waals surface area contributed by atoms with E-state index in [2.05, 4.69) is 42.4 Å². The van der Waals surface area contributed by atoms with Crippen LogP contribution in [-0.4, -0.2) is 60.7 Å². The maximum atomic E-state index is 14.2. The highest BCUT2D eigenvalue weighted by Crippen LogP contribution is 2.29. The van der Waals surface area contributed by atoms with Gasteiger partial charge in [-0.3, -0.25) is 9.98 Å². The lowest BCUT2D eigenvalue weighted by Gasteiger charge is -2.27. The van der Waals surface area contributed by atoms with E-state index < -0.39 is 5.82 Å². The summed E-state index contributed by atoms with van der Waals surface area (Å²) in [5, 5.41) is 8.03. The van der Waals surface area contributed by atoms with Crippen molar-refractivity contribution in [3.63, 3.8) is 0 Å². The first-order chi connectivity index (χ1) is 18.4. The fourth-order valence-corrected chi connectivity index (χ4v) is 3.87. The van der Waals surface area contributed by atoms with Gasteiger partial charge in [0.2, 0.25) is 5.95 Å². The lowest BCUT2D eigenvalue weighted by Crippen LogP contribution is -2.37. The molecule has 0 atom stereocenters. The molecule has 3 heterocycles. The molecule has 9 nitrogen and oxygen atoms in total. The molecule has 1 aromatic carbocycles. The number of nitrogens with one attached hydrogen (secondary N) is 2. The number of morpholine rings is 1. The van der Waals surface area contributed by atoms with Gasteiger partial charge in [0, 0.05) is 37.1 Å². The number of ether oxygens (including phenoxy) is 1. The van der Waals surface area contributed by atoms with Gasteiger partial charge in [0.25, 0.3) is 0 Å². The Morgan fingerprint density at radius 3 is 2.71 bits per heavy atom. The van der Waals surface area contributed by atoms with Crippen LogP contribution in [0.1, 0.15) is 18.2 Å². The van der Waals surface area contributed by atoms with Gasteiger partial charge in [0.1, 0.15) is 0 Å². The standard InChI is InChI=1S/C27H28ClFN8O/c1-18(6-7-30-3)19(2)20-12-21(28)14-24(13-20)34-23-5-4-22(31-15-23)16-33-36-27-32-17-25(29)26(35-27)37-8-10-38-11-9-37/h4-7,12-17,34H,2,8-11H2,1,3H3,(H,32,35,36)/b18-6-,30-7?,33-16+. The summed E-state index contributed by atoms with van der Waals surface area (Å²) in [7, 11) is 1.72. The van der Waals surface area contributed by atoms with Crippen molar-refractivity contribution in [3.05, 3.63) is 83.1 Å². The summed E-state index contributed by atoms with van der Waals surface area (Å²) in [5.74, 6) is -0.0732. The number of halogens is 2. The van der Waals surface area contributed by atoms with Crippen molar-refractivity contribution in [3.8, 4) is 0 Å². The fraction of sp³-hybridized carbons (Fsp3) is 0.222. The summed E-state index contributed by atoms with van der Waals surface area (Å²) in [6, 6.07) is 9.35. The van der Waals surface area contributed by atoms with E-state index in [0.717, 1.165) is 34.3 Å². The van der Waals surface area contributed by atoms with E-state index in [1.165, 1.54) is 6.21 Å². The van der Waals surface area contributed by atoms with Crippen LogP contribution < -0.4 is 15.6 Å². The monoisotopic (exact) mass is 534 g/mol. The molecule has 2 N–H and O–H groups in total. The van der Waals surface area contributed by atoms with Gasteiger partial charge in [-0.25, -0.2) is 14.8 Å². The van der Waals surface area contributed by atoms with Gasteiger partial charge >= 0.3 is 0 Å². The van der Waals surface area contributed by atoms with Crippen LogP contribution in [0, 0.1) is 5.82 Å². The number of hydrogen-bond donors (Lipinski definition) is 2. The molecule has 0 spiro atoms. The third kappa shape index (κ3) is 7.21. The summed E-state index contributed by atoms with van der Waals surface area (Å²) in [4.78, 5) is 18.4. The predicted octanol–water partition coefficient (Wildman–Crippen LogP) is 5.35. The van der Waals surface area contributed by atoms with Gasteiger partial charge in [0.05, 0.1) is 43.2 Å². The minimum Gasteiger partial charge on any atom is -0.378 e. The van der Waals surface area contributed by atoms with Crippen molar-refractivity contribution in [2.24, 2.45) is 10.1 Å². The molecule has 0 radical (unpaired) electrons. The van der Waals surface area contributed by atoms with Crippen LogP contribution in [0.25, 0.3) is 5.57 Å². The zero-order valence-corrected chi connectivity index (χ0v) is 21.9. The van der Waals surface area contributed by atoms with Crippen LogP contribution in [-0.2, 0) is 4.74 Å². The minimum atomic E-state index is -0.486. The zero-order chi connectivity index (χ0) is 26.9. The second-order valence-corrected chi connectivity index (χ2v) is 8.83. The third-order valence-electron chi connectivity index (χ3n) is 5.67. The number of anilines is 4. The van der Waals surface area contributed by atoms with Gasteiger partial charge in [0.15, 0.2) is 11.6 Å². The molecule has 0 saturated carbocycles. The Balaban J connectivity index is 1.39. The molecule has 3 aromatic rings. The molecule has 38 heavy (non-hydrogen) atoms. The zero-order valence-electron chi connectivity index (χ0n) is 21.2. The molecule has 0 amide bonds. The number of hydrogen-bond acceptors (Lipinski definition) is 9. The second kappa shape index (κ2) is 12.9. The summed E-state index contributed by atoms with van der Waals surface area (Å²) >= 11 is 6.36. The maximum Gasteiger partial charge on any atom is 0.245 e. The number of allylic oxidation sites excluding steroid dienone is 3. The molecular formula is C27H28ClFN8O. The molecule has 1 saturated heterocycles. The largest absolute Gasteiger partial charge is 0.378 e. The Kier molecular flexibility index (Phi) is 9.12. The van der Waals surface area contributed by atoms with Gasteiger partial charge < -0.3 is 15.0 Å². The van der Waals surface area contributed by atoms with E-state index in [-0.39, 0.29) is 11.8 Å². The number of pyridine rings is 1. The van der Waals surface area contributed by atoms with E-state index in [0.29, 0.717) is 37.0 Å². The fourth-order valence-electron chi connectivity index (χ4n) is 3.64. The number of hydrazone groups is 1. The Hall–Kier alpha value is -4.15. The first-order valence-corrected chi connectivity index (χ1v) is 12.3. The number of nitrogens with zero attached hydrogens (tertiary/aromatic N) is 6. The molecule has 1 aliphatic heterocycles. The SMILES string of the molecule is C=C(/C(C)=C\C=NC)c1cc(Cl)cc(Nc2ccc(/C=N/Nc3ncc(F)c(N4CCOCC4)n3)nc2)c1. The molecule has 11 heteroatoms. The Bertz CT molecular complexity index is 1370. The van der Waals surface area contributed by atoms with Crippen molar-refractivity contribution in [1.29, 1.82) is 0 Å². The summed E-state index contributed by atoms with van der Waals surface area (Å²) in [5.41, 5.74) is 7.67. The lowest BCUT2D eigenvalue weighted by molar-refractivity contribution is 0.122. The smallest absolute Gasteiger partial charge is 0.245 e. The number of aromatic nitrogens is 3. The van der Waals surface area contributed by atoms with Gasteiger partial charge in [-0.1, -0.05) is 18.2 Å². The molecule has 4 rings (SSSR count). The maximum absolute atomic E-state index is 14.2. The quantitative estimate of drug-likeness (QED) is 0.217. The summed E-state index contributed by atoms with van der Waals surface area (Å²) in [6.07, 6.45) is 7.97. The number of benzene rings is 1. The average molecular weight is 535 g/mol. The summed E-state index contributed by atoms with van der Waals surface area (Å²) < 4.78 is 19.5. The highest BCUT2D eigenvalue weighted by Gasteiger charge is 2.17. The molecule has 2 aromatic heterocycles. The Morgan fingerprint density at radius 2 is 1.97 bits per heavy atom. The van der Waals surface area contributed by atoms with Crippen LogP contribution in [0.3, 0.4) is 0 Å². The predicted molar refractivity (Wildman–Crippen MR) is 152 cm³/mol. The topological polar surface area (TPSA) is 99.9 Å². The van der Waals surface area contributed by atoms with Crippen molar-refractivity contribution in [2.45, 2.75) is 6.92 Å². The first kappa shape index (κ1) is 26.9. The van der Waals surface area contributed by atoms with E-state index in [9.17, 15) is 4.39 Å². The Morgan fingerprint density at radius 1 is 1.16 bits per heavy atom. The Labute approximate surface area is 225 Å². The lowest BCUT2D eigenvalue weighted by atomic mass is 10.00. The normalized spacial score (nSPS) is 14.3. The highest BCUT2D eigenvalue weighted by molar-refractivity contribution is 6.31. The second-order valence-electron chi connectivity index (χ2n) is 8.40. The van der Waals surface area contributed by atoms with Crippen LogP contribution in [0.5, 0.6) is 0 Å². The molecule has 1 fully saturated rings. The van der Waals surface area contributed by atoms with E-state index in [4.69, 9.17) is 16.3 Å². The highest BCUT2D eigenvalue weighted by atomic mass is 35.5. The van der Waals surface area contributed by atoms with Crippen LogP contribution >= 0.6 is 11.6 Å². The first-order valence-electron chi connectivity index (χ1n) is 11.9. The van der Waals surface area contributed by atoms with Gasteiger partial charge in [-0.15, -0.1) is 0 Å². The van der Waals surface area contributed by atoms with E-state index in [1.807, 2.05) is 42.2 Å². The molecule has 0 bridgehead atoms. The van der Waals surface area contributed by atoms with Crippen molar-refractivity contribution in [2.75, 3.05) is 49.0 Å².